The monoisotopic (exact) mass is 185 g/mol. The molecule has 0 fully saturated rings. The van der Waals surface area contributed by atoms with Gasteiger partial charge >= 0.3 is 0 Å². The molecular weight excluding hydrogens is 172 g/mol. The van der Waals surface area contributed by atoms with Crippen LogP contribution in [0.1, 0.15) is 0 Å². The highest BCUT2D eigenvalue weighted by Gasteiger charge is 2.22. The third-order valence-electron chi connectivity index (χ3n) is 1.77. The highest BCUT2D eigenvalue weighted by molar-refractivity contribution is 7.80. The molecule has 0 heterocycles. The van der Waals surface area contributed by atoms with Crippen molar-refractivity contribution in [2.75, 3.05) is 33.1 Å². The molecular formula is C8H13N2OS+. The van der Waals surface area contributed by atoms with Gasteiger partial charge in [0.15, 0.2) is 0 Å². The summed E-state index contributed by atoms with van der Waals surface area (Å²) in [6.45, 7) is 0. The molecule has 66 valence electrons. The van der Waals surface area contributed by atoms with E-state index in [1.54, 1.807) is 9.48 Å². The standard InChI is InChI=1S/C8H12N2OS/c1-9(2)5-7(11)6(8(5)12)10(3)4/h1-4H3/p+1. The van der Waals surface area contributed by atoms with Gasteiger partial charge in [0.1, 0.15) is 24.7 Å². The van der Waals surface area contributed by atoms with Crippen LogP contribution < -0.4 is 20.3 Å². The first-order valence-electron chi connectivity index (χ1n) is 3.66. The second kappa shape index (κ2) is 2.94. The van der Waals surface area contributed by atoms with E-state index in [0.717, 1.165) is 4.90 Å². The van der Waals surface area contributed by atoms with Gasteiger partial charge in [-0.15, -0.1) is 12.6 Å². The van der Waals surface area contributed by atoms with Crippen molar-refractivity contribution in [3.8, 4) is 0 Å². The first-order valence-corrected chi connectivity index (χ1v) is 4.11. The number of nitrogens with zero attached hydrogens (tertiary/aromatic N) is 2. The van der Waals surface area contributed by atoms with Crippen LogP contribution >= 0.6 is 12.6 Å². The Balaban J connectivity index is 3.38. The van der Waals surface area contributed by atoms with Crippen molar-refractivity contribution >= 4 is 18.3 Å². The van der Waals surface area contributed by atoms with Gasteiger partial charge in [0, 0.05) is 14.1 Å². The Morgan fingerprint density at radius 3 is 2.08 bits per heavy atom. The van der Waals surface area contributed by atoms with Crippen LogP contribution in [0.5, 0.6) is 0 Å². The third-order valence-corrected chi connectivity index (χ3v) is 2.20. The van der Waals surface area contributed by atoms with E-state index in [0.29, 0.717) is 11.0 Å². The van der Waals surface area contributed by atoms with Crippen molar-refractivity contribution in [3.63, 3.8) is 0 Å². The highest BCUT2D eigenvalue weighted by Crippen LogP contribution is 2.14. The zero-order valence-electron chi connectivity index (χ0n) is 7.75. The van der Waals surface area contributed by atoms with Gasteiger partial charge in [-0.3, -0.25) is 4.79 Å². The summed E-state index contributed by atoms with van der Waals surface area (Å²) in [5, 5.41) is 0.696. The quantitative estimate of drug-likeness (QED) is 0.462. The predicted octanol–water partition coefficient (Wildman–Crippen LogP) is -0.691. The second-order valence-electron chi connectivity index (χ2n) is 3.16. The topological polar surface area (TPSA) is 23.3 Å². The second-order valence-corrected chi connectivity index (χ2v) is 3.61. The van der Waals surface area contributed by atoms with Crippen LogP contribution in [0.3, 0.4) is 0 Å². The molecule has 0 amide bonds. The molecule has 12 heavy (non-hydrogen) atoms. The van der Waals surface area contributed by atoms with Gasteiger partial charge in [0.25, 0.3) is 10.8 Å². The molecule has 0 aliphatic heterocycles. The Morgan fingerprint density at radius 2 is 1.83 bits per heavy atom. The van der Waals surface area contributed by atoms with Gasteiger partial charge in [-0.25, -0.2) is 4.58 Å². The van der Waals surface area contributed by atoms with Crippen molar-refractivity contribution in [2.24, 2.45) is 0 Å². The summed E-state index contributed by atoms with van der Waals surface area (Å²) in [6, 6.07) is 0. The fourth-order valence-corrected chi connectivity index (χ4v) is 1.81. The Kier molecular flexibility index (Phi) is 2.28. The zero-order chi connectivity index (χ0) is 9.46. The molecule has 4 heteroatoms. The minimum Gasteiger partial charge on any atom is -0.373 e. The van der Waals surface area contributed by atoms with Crippen molar-refractivity contribution in [1.29, 1.82) is 0 Å². The fraction of sp³-hybridized carbons (Fsp3) is 0.500. The number of thiol groups is 1. The molecule has 3 nitrogen and oxygen atoms in total. The first kappa shape index (κ1) is 9.32. The van der Waals surface area contributed by atoms with E-state index in [9.17, 15) is 4.79 Å². The van der Waals surface area contributed by atoms with Gasteiger partial charge in [0.2, 0.25) is 0 Å². The molecule has 0 radical (unpaired) electrons. The van der Waals surface area contributed by atoms with Crippen LogP contribution in [0.15, 0.2) is 9.69 Å². The smallest absolute Gasteiger partial charge is 0.274 e. The maximum Gasteiger partial charge on any atom is 0.274 e. The van der Waals surface area contributed by atoms with E-state index < -0.39 is 0 Å². The van der Waals surface area contributed by atoms with Crippen LogP contribution in [-0.2, 0) is 0 Å². The van der Waals surface area contributed by atoms with E-state index in [2.05, 4.69) is 12.6 Å². The summed E-state index contributed by atoms with van der Waals surface area (Å²) in [7, 11) is 7.37. The van der Waals surface area contributed by atoms with Crippen LogP contribution in [0, 0.1) is 0 Å². The average Bonchev–Trinajstić information content (AvgIpc) is 1.84. The molecule has 0 spiro atoms. The van der Waals surface area contributed by atoms with Gasteiger partial charge in [0.05, 0.1) is 0 Å². The lowest BCUT2D eigenvalue weighted by Crippen LogP contribution is -2.46. The molecule has 0 bridgehead atoms. The van der Waals surface area contributed by atoms with E-state index in [-0.39, 0.29) is 5.43 Å². The zero-order valence-corrected chi connectivity index (χ0v) is 8.64. The van der Waals surface area contributed by atoms with E-state index in [1.165, 1.54) is 0 Å². The lowest BCUT2D eigenvalue weighted by molar-refractivity contribution is 0.769. The SMILES string of the molecule is CN(C)c1c(S)c(=[N+](C)C)c1=O. The summed E-state index contributed by atoms with van der Waals surface area (Å²) in [5.41, 5.74) is 0.775. The summed E-state index contributed by atoms with van der Waals surface area (Å²) in [4.78, 5) is 14.0. The molecule has 0 aromatic heterocycles. The molecule has 0 N–H and O–H groups in total. The van der Waals surface area contributed by atoms with Gasteiger partial charge in [-0.05, 0) is 0 Å². The van der Waals surface area contributed by atoms with Crippen molar-refractivity contribution in [3.05, 3.63) is 15.6 Å². The molecule has 1 aromatic carbocycles. The summed E-state index contributed by atoms with van der Waals surface area (Å²) in [6.07, 6.45) is 0. The molecule has 0 saturated carbocycles. The number of anilines is 1. The van der Waals surface area contributed by atoms with Gasteiger partial charge < -0.3 is 4.90 Å². The highest BCUT2D eigenvalue weighted by atomic mass is 32.1. The lowest BCUT2D eigenvalue weighted by Gasteiger charge is -2.14. The maximum atomic E-state index is 11.4. The molecule has 0 unspecified atom stereocenters. The Morgan fingerprint density at radius 1 is 1.33 bits per heavy atom. The minimum atomic E-state index is 0.0787. The Hall–Kier alpha value is -0.770. The van der Waals surface area contributed by atoms with E-state index in [1.807, 2.05) is 28.2 Å². The largest absolute Gasteiger partial charge is 0.373 e. The van der Waals surface area contributed by atoms with Crippen LogP contribution in [-0.4, -0.2) is 28.2 Å². The number of rotatable bonds is 1. The normalized spacial score (nSPS) is 10.4. The number of hydrogen-bond donors (Lipinski definition) is 1. The van der Waals surface area contributed by atoms with Crippen LogP contribution in [0.25, 0.3) is 0 Å². The van der Waals surface area contributed by atoms with Gasteiger partial charge in [-0.1, -0.05) is 0 Å². The molecule has 0 saturated heterocycles. The van der Waals surface area contributed by atoms with Gasteiger partial charge in [-0.2, -0.15) is 0 Å². The Bertz CT molecular complexity index is 382. The molecule has 1 rings (SSSR count). The summed E-state index contributed by atoms with van der Waals surface area (Å²) < 4.78 is 1.79. The van der Waals surface area contributed by atoms with Crippen molar-refractivity contribution in [2.45, 2.75) is 4.90 Å². The maximum absolute atomic E-state index is 11.4. The molecule has 0 aliphatic carbocycles. The lowest BCUT2D eigenvalue weighted by atomic mass is 10.2. The van der Waals surface area contributed by atoms with Crippen LogP contribution in [0.4, 0.5) is 5.69 Å². The van der Waals surface area contributed by atoms with Crippen molar-refractivity contribution in [1.82, 2.24) is 4.58 Å². The third kappa shape index (κ3) is 1.16. The fourth-order valence-electron chi connectivity index (χ4n) is 1.21. The number of hydrogen-bond acceptors (Lipinski definition) is 3. The van der Waals surface area contributed by atoms with E-state index >= 15 is 0 Å². The van der Waals surface area contributed by atoms with Crippen molar-refractivity contribution < 1.29 is 0 Å². The first-order chi connectivity index (χ1) is 5.46. The predicted molar refractivity (Wildman–Crippen MR) is 53.8 cm³/mol. The minimum absolute atomic E-state index is 0.0787. The summed E-state index contributed by atoms with van der Waals surface area (Å²) in [5.74, 6) is 0. The average molecular weight is 185 g/mol. The Labute approximate surface area is 77.1 Å². The van der Waals surface area contributed by atoms with Crippen LogP contribution in [0.2, 0.25) is 0 Å². The molecule has 0 atom stereocenters. The molecule has 0 aliphatic rings. The van der Waals surface area contributed by atoms with E-state index in [4.69, 9.17) is 0 Å². The molecule has 1 aromatic rings. The summed E-state index contributed by atoms with van der Waals surface area (Å²) >= 11 is 4.25.